The second-order valence-corrected chi connectivity index (χ2v) is 2.75. The van der Waals surface area contributed by atoms with E-state index in [1.54, 1.807) is 0 Å². The molecule has 0 bridgehead atoms. The van der Waals surface area contributed by atoms with Crippen molar-refractivity contribution in [3.63, 3.8) is 0 Å². The summed E-state index contributed by atoms with van der Waals surface area (Å²) in [5.74, 6) is 0. The molecule has 0 heterocycles. The molecule has 0 radical (unpaired) electrons. The number of nitrogens with two attached hydrogens (primary N) is 2. The summed E-state index contributed by atoms with van der Waals surface area (Å²) in [6, 6.07) is -0.218. The number of alkyl halides is 1. The van der Waals surface area contributed by atoms with Crippen molar-refractivity contribution in [3.05, 3.63) is 0 Å². The molecule has 1 saturated carbocycles. The number of rotatable bonds is 0. The van der Waals surface area contributed by atoms with Crippen molar-refractivity contribution in [1.29, 1.82) is 0 Å². The highest BCUT2D eigenvalue weighted by molar-refractivity contribution is 4.83. The number of hydrogen-bond acceptors (Lipinski definition) is 2. The Balaban J connectivity index is 2.35. The molecular weight excluding hydrogens is 119 g/mol. The lowest BCUT2D eigenvalue weighted by Crippen LogP contribution is -2.42. The van der Waals surface area contributed by atoms with E-state index in [0.717, 1.165) is 12.8 Å². The van der Waals surface area contributed by atoms with E-state index in [9.17, 15) is 4.39 Å². The second kappa shape index (κ2) is 2.62. The maximum absolute atomic E-state index is 12.6. The molecule has 54 valence electrons. The van der Waals surface area contributed by atoms with Gasteiger partial charge in [0.1, 0.15) is 6.17 Å². The number of halogens is 1. The van der Waals surface area contributed by atoms with Gasteiger partial charge in [-0.15, -0.1) is 0 Å². The standard InChI is InChI=1S/C6H13FN2/c7-5-3-4(8)1-2-6(5)9/h4-6H,1-3,8-9H2/t4-,5+,6?/m1/s1. The molecule has 0 aliphatic heterocycles. The fourth-order valence-corrected chi connectivity index (χ4v) is 1.17. The molecule has 1 unspecified atom stereocenters. The molecule has 0 aromatic rings. The third-order valence-electron chi connectivity index (χ3n) is 1.86. The third-order valence-corrected chi connectivity index (χ3v) is 1.86. The lowest BCUT2D eigenvalue weighted by molar-refractivity contribution is 0.201. The smallest absolute Gasteiger partial charge is 0.117 e. The van der Waals surface area contributed by atoms with Gasteiger partial charge in [-0.3, -0.25) is 0 Å². The Labute approximate surface area is 54.4 Å². The monoisotopic (exact) mass is 132 g/mol. The van der Waals surface area contributed by atoms with Crippen LogP contribution < -0.4 is 11.5 Å². The minimum Gasteiger partial charge on any atom is -0.328 e. The first kappa shape index (κ1) is 6.96. The lowest BCUT2D eigenvalue weighted by atomic mass is 9.91. The van der Waals surface area contributed by atoms with E-state index in [2.05, 4.69) is 0 Å². The van der Waals surface area contributed by atoms with Crippen LogP contribution in [-0.2, 0) is 0 Å². The largest absolute Gasteiger partial charge is 0.328 e. The van der Waals surface area contributed by atoms with Crippen LogP contribution in [0.15, 0.2) is 0 Å². The topological polar surface area (TPSA) is 52.0 Å². The van der Waals surface area contributed by atoms with Gasteiger partial charge in [-0.25, -0.2) is 4.39 Å². The molecule has 1 rings (SSSR count). The average Bonchev–Trinajstić information content (AvgIpc) is 1.80. The van der Waals surface area contributed by atoms with E-state index in [-0.39, 0.29) is 12.1 Å². The first-order valence-corrected chi connectivity index (χ1v) is 3.35. The van der Waals surface area contributed by atoms with Crippen LogP contribution in [0, 0.1) is 0 Å². The quantitative estimate of drug-likeness (QED) is 0.493. The summed E-state index contributed by atoms with van der Waals surface area (Å²) in [5, 5.41) is 0. The zero-order valence-corrected chi connectivity index (χ0v) is 5.39. The average molecular weight is 132 g/mol. The predicted molar refractivity (Wildman–Crippen MR) is 34.7 cm³/mol. The summed E-state index contributed by atoms with van der Waals surface area (Å²) in [7, 11) is 0. The van der Waals surface area contributed by atoms with Crippen molar-refractivity contribution in [2.24, 2.45) is 11.5 Å². The first-order chi connectivity index (χ1) is 4.20. The molecule has 9 heavy (non-hydrogen) atoms. The van der Waals surface area contributed by atoms with E-state index >= 15 is 0 Å². The molecule has 0 aromatic heterocycles. The molecule has 1 fully saturated rings. The van der Waals surface area contributed by atoms with E-state index in [1.165, 1.54) is 0 Å². The molecule has 4 N–H and O–H groups in total. The van der Waals surface area contributed by atoms with Crippen LogP contribution in [0.2, 0.25) is 0 Å². The summed E-state index contributed by atoms with van der Waals surface area (Å²) in [6.45, 7) is 0. The molecule has 3 atom stereocenters. The van der Waals surface area contributed by atoms with Gasteiger partial charge in [0.2, 0.25) is 0 Å². The first-order valence-electron chi connectivity index (χ1n) is 3.35. The van der Waals surface area contributed by atoms with Crippen LogP contribution in [0.1, 0.15) is 19.3 Å². The Hall–Kier alpha value is -0.150. The lowest BCUT2D eigenvalue weighted by Gasteiger charge is -2.26. The van der Waals surface area contributed by atoms with E-state index in [4.69, 9.17) is 11.5 Å². The van der Waals surface area contributed by atoms with Crippen LogP contribution in [0.5, 0.6) is 0 Å². The van der Waals surface area contributed by atoms with Crippen LogP contribution in [-0.4, -0.2) is 18.3 Å². The van der Waals surface area contributed by atoms with Gasteiger partial charge < -0.3 is 11.5 Å². The Bertz CT molecular complexity index is 97.1. The molecule has 0 amide bonds. The van der Waals surface area contributed by atoms with Crippen molar-refractivity contribution in [2.45, 2.75) is 37.5 Å². The highest BCUT2D eigenvalue weighted by Gasteiger charge is 2.25. The fraction of sp³-hybridized carbons (Fsp3) is 1.00. The van der Waals surface area contributed by atoms with Crippen molar-refractivity contribution in [2.75, 3.05) is 0 Å². The van der Waals surface area contributed by atoms with E-state index in [1.807, 2.05) is 0 Å². The Kier molecular flexibility index (Phi) is 2.03. The maximum atomic E-state index is 12.6. The molecule has 0 spiro atoms. The summed E-state index contributed by atoms with van der Waals surface area (Å²) in [5.41, 5.74) is 10.9. The normalized spacial score (nSPS) is 45.0. The molecule has 3 heteroatoms. The van der Waals surface area contributed by atoms with Crippen LogP contribution in [0.3, 0.4) is 0 Å². The Morgan fingerprint density at radius 3 is 2.33 bits per heavy atom. The van der Waals surface area contributed by atoms with Crippen LogP contribution >= 0.6 is 0 Å². The van der Waals surface area contributed by atoms with Gasteiger partial charge in [-0.05, 0) is 19.3 Å². The van der Waals surface area contributed by atoms with E-state index < -0.39 is 6.17 Å². The Morgan fingerprint density at radius 2 is 1.89 bits per heavy atom. The summed E-state index contributed by atoms with van der Waals surface area (Å²) in [6.07, 6.45) is 1.19. The van der Waals surface area contributed by atoms with Gasteiger partial charge in [-0.1, -0.05) is 0 Å². The molecular formula is C6H13FN2. The van der Waals surface area contributed by atoms with Gasteiger partial charge in [0.05, 0.1) is 0 Å². The van der Waals surface area contributed by atoms with Crippen molar-refractivity contribution in [1.82, 2.24) is 0 Å². The molecule has 0 saturated heterocycles. The fourth-order valence-electron chi connectivity index (χ4n) is 1.17. The van der Waals surface area contributed by atoms with Crippen molar-refractivity contribution < 1.29 is 4.39 Å². The SMILES string of the molecule is NC1CC[C@@H](N)C[C@@H]1F. The molecule has 1 aliphatic carbocycles. The van der Waals surface area contributed by atoms with Gasteiger partial charge in [-0.2, -0.15) is 0 Å². The highest BCUT2D eigenvalue weighted by atomic mass is 19.1. The minimum absolute atomic E-state index is 0.0415. The number of hydrogen-bond donors (Lipinski definition) is 2. The van der Waals surface area contributed by atoms with Crippen LogP contribution in [0.4, 0.5) is 4.39 Å². The van der Waals surface area contributed by atoms with E-state index in [0.29, 0.717) is 6.42 Å². The van der Waals surface area contributed by atoms with Gasteiger partial charge >= 0.3 is 0 Å². The Morgan fingerprint density at radius 1 is 1.22 bits per heavy atom. The van der Waals surface area contributed by atoms with Gasteiger partial charge in [0.25, 0.3) is 0 Å². The molecule has 1 aliphatic rings. The second-order valence-electron chi connectivity index (χ2n) is 2.75. The van der Waals surface area contributed by atoms with Crippen molar-refractivity contribution in [3.8, 4) is 0 Å². The van der Waals surface area contributed by atoms with Gasteiger partial charge in [0, 0.05) is 12.1 Å². The van der Waals surface area contributed by atoms with Crippen molar-refractivity contribution >= 4 is 0 Å². The maximum Gasteiger partial charge on any atom is 0.117 e. The zero-order chi connectivity index (χ0) is 6.85. The summed E-state index contributed by atoms with van der Waals surface area (Å²) < 4.78 is 12.6. The highest BCUT2D eigenvalue weighted by Crippen LogP contribution is 2.18. The minimum atomic E-state index is -0.867. The summed E-state index contributed by atoms with van der Waals surface area (Å²) in [4.78, 5) is 0. The summed E-state index contributed by atoms with van der Waals surface area (Å²) >= 11 is 0. The van der Waals surface area contributed by atoms with Gasteiger partial charge in [0.15, 0.2) is 0 Å². The molecule has 2 nitrogen and oxygen atoms in total. The predicted octanol–water partition coefficient (Wildman–Crippen LogP) is 0.163. The molecule has 0 aromatic carbocycles. The van der Waals surface area contributed by atoms with Crippen LogP contribution in [0.25, 0.3) is 0 Å². The zero-order valence-electron chi connectivity index (χ0n) is 5.39. The third kappa shape index (κ3) is 1.63.